The summed E-state index contributed by atoms with van der Waals surface area (Å²) in [5.74, 6) is 0.105. The lowest BCUT2D eigenvalue weighted by atomic mass is 9.90. The van der Waals surface area contributed by atoms with Crippen LogP contribution in [0.25, 0.3) is 0 Å². The fourth-order valence-electron chi connectivity index (χ4n) is 5.14. The van der Waals surface area contributed by atoms with Gasteiger partial charge in [0, 0.05) is 19.3 Å². The lowest BCUT2D eigenvalue weighted by Gasteiger charge is -2.34. The number of anilines is 1. The first-order valence-corrected chi connectivity index (χ1v) is 14.5. The standard InChI is InChI=1S/C32H42N6O4/c1-31(2,33)29(40)35-26(14-10-13-23-11-6-5-7-12-23)28(39)36-27-21-38(22-34-27)32(3,30(41)37-19-8-9-20-37)24-15-17-25(42-4)18-16-24/h5-7,11-12,15-18,21-22,26H,8-10,13-14,19-20,33H2,1-4H3,(H,35,40)(H,36,39)/t26-,32?/m1/s1. The van der Waals surface area contributed by atoms with Gasteiger partial charge in [0.25, 0.3) is 5.91 Å². The number of hydrogen-bond donors (Lipinski definition) is 3. The Balaban J connectivity index is 1.55. The molecular weight excluding hydrogens is 532 g/mol. The molecule has 2 heterocycles. The average Bonchev–Trinajstić information content (AvgIpc) is 3.69. The van der Waals surface area contributed by atoms with Gasteiger partial charge in [0.15, 0.2) is 5.82 Å². The molecule has 10 nitrogen and oxygen atoms in total. The van der Waals surface area contributed by atoms with E-state index in [1.54, 1.807) is 38.0 Å². The first-order valence-electron chi connectivity index (χ1n) is 14.5. The molecule has 42 heavy (non-hydrogen) atoms. The number of hydrogen-bond acceptors (Lipinski definition) is 6. The van der Waals surface area contributed by atoms with Gasteiger partial charge in [0.05, 0.1) is 19.0 Å². The number of aromatic nitrogens is 2. The van der Waals surface area contributed by atoms with Crippen molar-refractivity contribution in [3.05, 3.63) is 78.2 Å². The first-order chi connectivity index (χ1) is 20.0. The molecule has 224 valence electrons. The minimum atomic E-state index is -1.14. The Kier molecular flexibility index (Phi) is 9.67. The van der Waals surface area contributed by atoms with E-state index in [1.165, 1.54) is 0 Å². The summed E-state index contributed by atoms with van der Waals surface area (Å²) in [6.07, 6.45) is 7.01. The summed E-state index contributed by atoms with van der Waals surface area (Å²) in [6.45, 7) is 6.45. The number of carbonyl (C=O) groups is 3. The third-order valence-electron chi connectivity index (χ3n) is 7.82. The number of ether oxygens (including phenoxy) is 1. The molecular formula is C32H42N6O4. The lowest BCUT2D eigenvalue weighted by molar-refractivity contribution is -0.137. The molecule has 1 aliphatic heterocycles. The average molecular weight is 575 g/mol. The van der Waals surface area contributed by atoms with E-state index in [9.17, 15) is 14.4 Å². The highest BCUT2D eigenvalue weighted by Crippen LogP contribution is 2.32. The maximum atomic E-state index is 13.9. The summed E-state index contributed by atoms with van der Waals surface area (Å²) < 4.78 is 7.05. The Morgan fingerprint density at radius 2 is 1.69 bits per heavy atom. The molecule has 1 aliphatic rings. The molecule has 4 rings (SSSR count). The van der Waals surface area contributed by atoms with Gasteiger partial charge in [0.1, 0.15) is 17.3 Å². The first kappa shape index (κ1) is 30.8. The SMILES string of the molecule is COc1ccc(C(C)(C(=O)N2CCCC2)n2cnc(NC(=O)[C@@H](CCCc3ccccc3)NC(=O)C(C)(C)N)c2)cc1. The monoisotopic (exact) mass is 574 g/mol. The normalized spacial score (nSPS) is 15.5. The molecule has 0 spiro atoms. The highest BCUT2D eigenvalue weighted by Gasteiger charge is 2.41. The maximum absolute atomic E-state index is 13.9. The van der Waals surface area contributed by atoms with Crippen molar-refractivity contribution in [1.29, 1.82) is 0 Å². The van der Waals surface area contributed by atoms with Crippen LogP contribution in [0.1, 0.15) is 57.6 Å². The van der Waals surface area contributed by atoms with E-state index in [4.69, 9.17) is 10.5 Å². The molecule has 0 aliphatic carbocycles. The molecule has 2 aromatic carbocycles. The number of rotatable bonds is 12. The van der Waals surface area contributed by atoms with Crippen molar-refractivity contribution in [1.82, 2.24) is 19.8 Å². The van der Waals surface area contributed by atoms with Crippen molar-refractivity contribution in [3.8, 4) is 5.75 Å². The second-order valence-corrected chi connectivity index (χ2v) is 11.6. The van der Waals surface area contributed by atoms with Crippen molar-refractivity contribution in [3.63, 3.8) is 0 Å². The Morgan fingerprint density at radius 3 is 2.31 bits per heavy atom. The van der Waals surface area contributed by atoms with Crippen LogP contribution in [0.5, 0.6) is 5.75 Å². The number of imidazole rings is 1. The summed E-state index contributed by atoms with van der Waals surface area (Å²) in [5.41, 5.74) is 5.68. The van der Waals surface area contributed by atoms with E-state index < -0.39 is 28.9 Å². The second kappa shape index (κ2) is 13.2. The van der Waals surface area contributed by atoms with Crippen LogP contribution in [0, 0.1) is 0 Å². The lowest BCUT2D eigenvalue weighted by Crippen LogP contribution is -2.54. The molecule has 2 atom stereocenters. The van der Waals surface area contributed by atoms with Crippen molar-refractivity contribution in [2.24, 2.45) is 5.73 Å². The quantitative estimate of drug-likeness (QED) is 0.304. The van der Waals surface area contributed by atoms with E-state index in [0.717, 1.165) is 30.4 Å². The molecule has 1 unspecified atom stereocenters. The van der Waals surface area contributed by atoms with Gasteiger partial charge in [-0.05, 0) is 76.1 Å². The predicted octanol–water partition coefficient (Wildman–Crippen LogP) is 3.46. The summed E-state index contributed by atoms with van der Waals surface area (Å²) in [4.78, 5) is 46.4. The molecule has 3 aromatic rings. The van der Waals surface area contributed by atoms with Gasteiger partial charge < -0.3 is 30.6 Å². The number of methoxy groups -OCH3 is 1. The molecule has 1 saturated heterocycles. The topological polar surface area (TPSA) is 132 Å². The number of nitrogens with one attached hydrogen (secondary N) is 2. The number of nitrogens with zero attached hydrogens (tertiary/aromatic N) is 3. The zero-order valence-corrected chi connectivity index (χ0v) is 24.9. The van der Waals surface area contributed by atoms with E-state index in [1.807, 2.05) is 66.4 Å². The smallest absolute Gasteiger partial charge is 0.253 e. The zero-order valence-electron chi connectivity index (χ0n) is 24.9. The fraction of sp³-hybridized carbons (Fsp3) is 0.438. The molecule has 0 saturated carbocycles. The largest absolute Gasteiger partial charge is 0.497 e. The van der Waals surface area contributed by atoms with Crippen LogP contribution in [0.15, 0.2) is 67.1 Å². The minimum Gasteiger partial charge on any atom is -0.497 e. The zero-order chi connectivity index (χ0) is 30.3. The number of nitrogens with two attached hydrogens (primary N) is 1. The second-order valence-electron chi connectivity index (χ2n) is 11.6. The summed E-state index contributed by atoms with van der Waals surface area (Å²) in [5, 5.41) is 5.66. The van der Waals surface area contributed by atoms with Crippen LogP contribution in [-0.2, 0) is 26.3 Å². The van der Waals surface area contributed by atoms with E-state index in [0.29, 0.717) is 31.7 Å². The number of benzene rings is 2. The van der Waals surface area contributed by atoms with Gasteiger partial charge in [0.2, 0.25) is 11.8 Å². The van der Waals surface area contributed by atoms with Gasteiger partial charge >= 0.3 is 0 Å². The van der Waals surface area contributed by atoms with Crippen molar-refractivity contribution < 1.29 is 19.1 Å². The number of carbonyl (C=O) groups excluding carboxylic acids is 3. The summed E-state index contributed by atoms with van der Waals surface area (Å²) >= 11 is 0. The van der Waals surface area contributed by atoms with Crippen LogP contribution in [0.3, 0.4) is 0 Å². The molecule has 1 aromatic heterocycles. The van der Waals surface area contributed by atoms with E-state index in [2.05, 4.69) is 15.6 Å². The maximum Gasteiger partial charge on any atom is 0.253 e. The molecule has 0 bridgehead atoms. The van der Waals surface area contributed by atoms with Crippen molar-refractivity contribution >= 4 is 23.5 Å². The third kappa shape index (κ3) is 7.17. The third-order valence-corrected chi connectivity index (χ3v) is 7.82. The van der Waals surface area contributed by atoms with Crippen molar-refractivity contribution in [2.45, 2.75) is 70.0 Å². The highest BCUT2D eigenvalue weighted by molar-refractivity contribution is 5.98. The van der Waals surface area contributed by atoms with Gasteiger partial charge in [-0.1, -0.05) is 42.5 Å². The van der Waals surface area contributed by atoms with Crippen LogP contribution < -0.4 is 21.1 Å². The van der Waals surface area contributed by atoms with E-state index >= 15 is 0 Å². The molecule has 10 heteroatoms. The van der Waals surface area contributed by atoms with Gasteiger partial charge in [-0.25, -0.2) is 4.98 Å². The molecule has 1 fully saturated rings. The predicted molar refractivity (Wildman–Crippen MR) is 162 cm³/mol. The summed E-state index contributed by atoms with van der Waals surface area (Å²) in [7, 11) is 1.60. The number of likely N-dealkylation sites (tertiary alicyclic amines) is 1. The molecule has 3 amide bonds. The van der Waals surface area contributed by atoms with E-state index in [-0.39, 0.29) is 11.7 Å². The minimum absolute atomic E-state index is 0.0447. The Labute approximate surface area is 247 Å². The Bertz CT molecular complexity index is 1360. The fourth-order valence-corrected chi connectivity index (χ4v) is 5.14. The van der Waals surface area contributed by atoms with Gasteiger partial charge in [-0.15, -0.1) is 0 Å². The molecule has 0 radical (unpaired) electrons. The molecule has 4 N–H and O–H groups in total. The highest BCUT2D eigenvalue weighted by atomic mass is 16.5. The van der Waals surface area contributed by atoms with Crippen molar-refractivity contribution in [2.75, 3.05) is 25.5 Å². The summed E-state index contributed by atoms with van der Waals surface area (Å²) in [6, 6.07) is 16.6. The van der Waals surface area contributed by atoms with Crippen LogP contribution in [0.4, 0.5) is 5.82 Å². The van der Waals surface area contributed by atoms with Gasteiger partial charge in [-0.3, -0.25) is 14.4 Å². The number of amides is 3. The van der Waals surface area contributed by atoms with Gasteiger partial charge in [-0.2, -0.15) is 0 Å². The Morgan fingerprint density at radius 1 is 1.02 bits per heavy atom. The van der Waals surface area contributed by atoms with Crippen LogP contribution >= 0.6 is 0 Å². The number of aryl methyl sites for hydroxylation is 1. The van der Waals surface area contributed by atoms with Crippen LogP contribution in [0.2, 0.25) is 0 Å². The Hall–Kier alpha value is -4.18. The van der Waals surface area contributed by atoms with Crippen LogP contribution in [-0.4, -0.2) is 64.0 Å².